The number of halogens is 2. The van der Waals surface area contributed by atoms with Gasteiger partial charge in [0.05, 0.1) is 38.5 Å². The molecule has 0 spiro atoms. The zero-order valence-corrected chi connectivity index (χ0v) is 23.0. The minimum atomic E-state index is -0.431. The highest BCUT2D eigenvalue weighted by atomic mass is 35.5. The number of aliphatic hydroxyl groups excluding tert-OH is 1. The van der Waals surface area contributed by atoms with Crippen LogP contribution in [0.1, 0.15) is 16.0 Å². The van der Waals surface area contributed by atoms with Gasteiger partial charge in [0.15, 0.2) is 0 Å². The van der Waals surface area contributed by atoms with E-state index in [0.29, 0.717) is 54.4 Å². The van der Waals surface area contributed by atoms with Gasteiger partial charge < -0.3 is 19.9 Å². The van der Waals surface area contributed by atoms with Gasteiger partial charge in [-0.2, -0.15) is 0 Å². The van der Waals surface area contributed by atoms with Gasteiger partial charge in [0.2, 0.25) is 0 Å². The maximum Gasteiger partial charge on any atom is 0.256 e. The number of nitrogens with zero attached hydrogens (tertiary/aromatic N) is 3. The predicted molar refractivity (Wildman–Crippen MR) is 149 cm³/mol. The smallest absolute Gasteiger partial charge is 0.256 e. The van der Waals surface area contributed by atoms with E-state index in [-0.39, 0.29) is 17.9 Å². The zero-order chi connectivity index (χ0) is 26.0. The highest BCUT2D eigenvalue weighted by Crippen LogP contribution is 2.34. The number of morpholine rings is 2. The van der Waals surface area contributed by atoms with Crippen molar-refractivity contribution in [3.8, 4) is 0 Å². The standard InChI is InChI=1S/C26H32Cl2N4O4S/c27-20-3-1-19(2-4-20)16-30-26(34)23(17-29-5-6-31-7-11-35-12-8-31)24(33)22-15-21(37-25(22)28)18-32-9-13-36-14-10-32/h1-4,15,17,33H,5-14,16,18H2,(H,30,34). The Bertz CT molecular complexity index is 1090. The van der Waals surface area contributed by atoms with E-state index in [0.717, 1.165) is 43.2 Å². The highest BCUT2D eigenvalue weighted by molar-refractivity contribution is 7.16. The summed E-state index contributed by atoms with van der Waals surface area (Å²) in [6.45, 7) is 8.51. The lowest BCUT2D eigenvalue weighted by Gasteiger charge is -2.25. The summed E-state index contributed by atoms with van der Waals surface area (Å²) >= 11 is 13.9. The molecule has 2 fully saturated rings. The molecule has 200 valence electrons. The third-order valence-electron chi connectivity index (χ3n) is 6.21. The van der Waals surface area contributed by atoms with E-state index in [4.69, 9.17) is 32.7 Å². The topological polar surface area (TPSA) is 86.6 Å². The molecule has 0 radical (unpaired) electrons. The van der Waals surface area contributed by atoms with Crippen molar-refractivity contribution in [2.24, 2.45) is 4.99 Å². The summed E-state index contributed by atoms with van der Waals surface area (Å²) in [5, 5.41) is 14.7. The number of nitrogens with one attached hydrogen (secondary N) is 1. The molecule has 2 saturated heterocycles. The molecular formula is C26H32Cl2N4O4S. The lowest BCUT2D eigenvalue weighted by molar-refractivity contribution is -0.117. The Kier molecular flexibility index (Phi) is 10.8. The lowest BCUT2D eigenvalue weighted by atomic mass is 10.1. The normalized spacial score (nSPS) is 18.2. The quantitative estimate of drug-likeness (QED) is 0.258. The van der Waals surface area contributed by atoms with Crippen molar-refractivity contribution in [1.29, 1.82) is 0 Å². The van der Waals surface area contributed by atoms with E-state index in [1.807, 2.05) is 18.2 Å². The number of carbonyl (C=O) groups excluding carboxylic acids is 1. The summed E-state index contributed by atoms with van der Waals surface area (Å²) in [5.74, 6) is -0.613. The summed E-state index contributed by atoms with van der Waals surface area (Å²) in [7, 11) is 0. The van der Waals surface area contributed by atoms with Crippen LogP contribution < -0.4 is 5.32 Å². The monoisotopic (exact) mass is 566 g/mol. The third-order valence-corrected chi connectivity index (χ3v) is 7.81. The van der Waals surface area contributed by atoms with Gasteiger partial charge in [0.25, 0.3) is 5.91 Å². The number of rotatable bonds is 10. The van der Waals surface area contributed by atoms with Crippen LogP contribution in [0, 0.1) is 0 Å². The van der Waals surface area contributed by atoms with Gasteiger partial charge in [-0.05, 0) is 23.8 Å². The molecule has 2 aliphatic heterocycles. The van der Waals surface area contributed by atoms with Crippen LogP contribution in [0.15, 0.2) is 40.9 Å². The summed E-state index contributed by atoms with van der Waals surface area (Å²) in [4.78, 5) is 23.2. The first-order valence-corrected chi connectivity index (χ1v) is 13.9. The van der Waals surface area contributed by atoms with Crippen molar-refractivity contribution in [2.45, 2.75) is 13.1 Å². The van der Waals surface area contributed by atoms with Crippen LogP contribution in [0.4, 0.5) is 0 Å². The number of carbonyl (C=O) groups is 1. The molecule has 0 bridgehead atoms. The Morgan fingerprint density at radius 2 is 1.70 bits per heavy atom. The van der Waals surface area contributed by atoms with E-state index < -0.39 is 5.91 Å². The lowest BCUT2D eigenvalue weighted by Crippen LogP contribution is -2.37. The Morgan fingerprint density at radius 3 is 2.38 bits per heavy atom. The van der Waals surface area contributed by atoms with Crippen molar-refractivity contribution in [3.05, 3.63) is 61.3 Å². The fourth-order valence-electron chi connectivity index (χ4n) is 4.07. The molecule has 0 saturated carbocycles. The second kappa shape index (κ2) is 14.2. The number of aliphatic imine (C=N–C) groups is 1. The number of benzene rings is 1. The highest BCUT2D eigenvalue weighted by Gasteiger charge is 2.21. The van der Waals surface area contributed by atoms with Crippen LogP contribution >= 0.6 is 34.5 Å². The molecule has 1 aromatic carbocycles. The predicted octanol–water partition coefficient (Wildman–Crippen LogP) is 3.88. The number of amides is 1. The van der Waals surface area contributed by atoms with Crippen LogP contribution in [-0.4, -0.2) is 92.7 Å². The van der Waals surface area contributed by atoms with Crippen LogP contribution in [0.2, 0.25) is 9.36 Å². The Balaban J connectivity index is 1.49. The summed E-state index contributed by atoms with van der Waals surface area (Å²) in [5.41, 5.74) is 1.40. The van der Waals surface area contributed by atoms with Crippen molar-refractivity contribution in [2.75, 3.05) is 65.7 Å². The molecular weight excluding hydrogens is 535 g/mol. The molecule has 1 aromatic heterocycles. The van der Waals surface area contributed by atoms with E-state index in [1.165, 1.54) is 17.6 Å². The molecule has 2 aromatic rings. The minimum absolute atomic E-state index is 0.0774. The molecule has 8 nitrogen and oxygen atoms in total. The summed E-state index contributed by atoms with van der Waals surface area (Å²) in [6, 6.07) is 9.08. The zero-order valence-electron chi connectivity index (χ0n) is 20.6. The summed E-state index contributed by atoms with van der Waals surface area (Å²) in [6.07, 6.45) is 1.45. The number of hydrogen-bond acceptors (Lipinski definition) is 8. The van der Waals surface area contributed by atoms with Gasteiger partial charge >= 0.3 is 0 Å². The summed E-state index contributed by atoms with van der Waals surface area (Å²) < 4.78 is 11.2. The number of thiophene rings is 1. The van der Waals surface area contributed by atoms with Crippen LogP contribution in [0.25, 0.3) is 5.76 Å². The first kappa shape index (κ1) is 28.0. The Labute approximate surface area is 231 Å². The van der Waals surface area contributed by atoms with Crippen molar-refractivity contribution < 1.29 is 19.4 Å². The van der Waals surface area contributed by atoms with Crippen LogP contribution in [-0.2, 0) is 27.4 Å². The molecule has 1 amide bonds. The average Bonchev–Trinajstić information content (AvgIpc) is 3.28. The first-order chi connectivity index (χ1) is 18.0. The SMILES string of the molecule is O=C(NCc1ccc(Cl)cc1)C(C=NCCN1CCOCC1)=C(O)c1cc(CN2CCOCC2)sc1Cl. The minimum Gasteiger partial charge on any atom is -0.506 e. The molecule has 3 heterocycles. The van der Waals surface area contributed by atoms with Crippen LogP contribution in [0.5, 0.6) is 0 Å². The first-order valence-electron chi connectivity index (χ1n) is 12.3. The van der Waals surface area contributed by atoms with Crippen molar-refractivity contribution in [3.63, 3.8) is 0 Å². The van der Waals surface area contributed by atoms with E-state index in [9.17, 15) is 9.90 Å². The number of aliphatic hydroxyl groups is 1. The van der Waals surface area contributed by atoms with Gasteiger partial charge in [0.1, 0.15) is 10.1 Å². The molecule has 37 heavy (non-hydrogen) atoms. The van der Waals surface area contributed by atoms with E-state index in [2.05, 4.69) is 20.1 Å². The van der Waals surface area contributed by atoms with Crippen molar-refractivity contribution in [1.82, 2.24) is 15.1 Å². The molecule has 0 aliphatic carbocycles. The van der Waals surface area contributed by atoms with E-state index in [1.54, 1.807) is 12.1 Å². The second-order valence-corrected chi connectivity index (χ2v) is 11.0. The molecule has 0 atom stereocenters. The molecule has 2 aliphatic rings. The largest absolute Gasteiger partial charge is 0.506 e. The second-order valence-electron chi connectivity index (χ2n) is 8.85. The molecule has 0 unspecified atom stereocenters. The van der Waals surface area contributed by atoms with E-state index >= 15 is 0 Å². The van der Waals surface area contributed by atoms with Gasteiger partial charge in [0, 0.05) is 67.5 Å². The third kappa shape index (κ3) is 8.51. The Hall–Kier alpha value is -1.98. The Morgan fingerprint density at radius 1 is 1.05 bits per heavy atom. The van der Waals surface area contributed by atoms with Crippen molar-refractivity contribution >= 4 is 52.4 Å². The van der Waals surface area contributed by atoms with Gasteiger partial charge in [-0.15, -0.1) is 11.3 Å². The molecule has 4 rings (SSSR count). The van der Waals surface area contributed by atoms with Gasteiger partial charge in [-0.3, -0.25) is 19.6 Å². The maximum atomic E-state index is 13.2. The van der Waals surface area contributed by atoms with Crippen LogP contribution in [0.3, 0.4) is 0 Å². The fraction of sp³-hybridized carbons (Fsp3) is 0.462. The molecule has 11 heteroatoms. The maximum absolute atomic E-state index is 13.2. The molecule has 2 N–H and O–H groups in total. The fourth-order valence-corrected chi connectivity index (χ4v) is 5.56. The number of hydrogen-bond donors (Lipinski definition) is 2. The number of ether oxygens (including phenoxy) is 2. The average molecular weight is 568 g/mol. The van der Waals surface area contributed by atoms with Gasteiger partial charge in [-0.1, -0.05) is 35.3 Å². The van der Waals surface area contributed by atoms with Gasteiger partial charge in [-0.25, -0.2) is 0 Å².